The summed E-state index contributed by atoms with van der Waals surface area (Å²) in [6.45, 7) is 12.8. The van der Waals surface area contributed by atoms with Crippen LogP contribution in [0.4, 0.5) is 5.69 Å². The number of nitrogens with zero attached hydrogens (tertiary/aromatic N) is 2. The van der Waals surface area contributed by atoms with Crippen LogP contribution in [0.3, 0.4) is 0 Å². The van der Waals surface area contributed by atoms with Crippen molar-refractivity contribution in [3.05, 3.63) is 23.8 Å². The molecule has 0 unspecified atom stereocenters. The van der Waals surface area contributed by atoms with E-state index in [9.17, 15) is 0 Å². The monoisotopic (exact) mass is 422 g/mol. The summed E-state index contributed by atoms with van der Waals surface area (Å²) in [7, 11) is 1.83. The fraction of sp³-hybridized carbons (Fsp3) is 0.760. The average molecular weight is 423 g/mol. The van der Waals surface area contributed by atoms with E-state index in [1.54, 1.807) is 0 Å². The van der Waals surface area contributed by atoms with Gasteiger partial charge in [-0.15, -0.1) is 12.4 Å². The van der Waals surface area contributed by atoms with E-state index in [1.807, 2.05) is 7.11 Å². The number of hydrogen-bond acceptors (Lipinski definition) is 3. The van der Waals surface area contributed by atoms with Crippen molar-refractivity contribution >= 4 is 18.1 Å². The van der Waals surface area contributed by atoms with Crippen LogP contribution in [0.15, 0.2) is 18.2 Å². The van der Waals surface area contributed by atoms with Crippen molar-refractivity contribution in [3.8, 4) is 5.75 Å². The molecule has 0 aromatic heterocycles. The second kappa shape index (κ2) is 11.5. The third kappa shape index (κ3) is 5.82. The zero-order valence-corrected chi connectivity index (χ0v) is 20.0. The maximum atomic E-state index is 5.85. The lowest BCUT2D eigenvalue weighted by atomic mass is 9.66. The van der Waals surface area contributed by atoms with Gasteiger partial charge >= 0.3 is 0 Å². The molecule has 1 aliphatic carbocycles. The molecule has 3 rings (SSSR count). The predicted molar refractivity (Wildman–Crippen MR) is 128 cm³/mol. The van der Waals surface area contributed by atoms with Gasteiger partial charge in [0, 0.05) is 26.2 Å². The Morgan fingerprint density at radius 2 is 1.66 bits per heavy atom. The summed E-state index contributed by atoms with van der Waals surface area (Å²) >= 11 is 0. The Labute approximate surface area is 185 Å². The maximum Gasteiger partial charge on any atom is 0.142 e. The van der Waals surface area contributed by atoms with Crippen LogP contribution in [-0.4, -0.2) is 44.7 Å². The first-order valence-corrected chi connectivity index (χ1v) is 11.8. The summed E-state index contributed by atoms with van der Waals surface area (Å²) in [6, 6.07) is 7.06. The number of ether oxygens (including phenoxy) is 1. The Balaban J connectivity index is 0.00000300. The molecule has 29 heavy (non-hydrogen) atoms. The Bertz CT molecular complexity index is 599. The number of anilines is 1. The molecule has 0 bridgehead atoms. The van der Waals surface area contributed by atoms with E-state index in [4.69, 9.17) is 4.74 Å². The lowest BCUT2D eigenvalue weighted by Gasteiger charge is -2.40. The van der Waals surface area contributed by atoms with Crippen molar-refractivity contribution in [3.63, 3.8) is 0 Å². The molecule has 4 heteroatoms. The number of unbranched alkanes of at least 4 members (excludes halogenated alkanes) is 1. The first-order valence-electron chi connectivity index (χ1n) is 11.8. The Morgan fingerprint density at radius 3 is 2.21 bits per heavy atom. The highest BCUT2D eigenvalue weighted by Gasteiger charge is 2.33. The molecule has 1 aromatic rings. The highest BCUT2D eigenvalue weighted by atomic mass is 35.5. The van der Waals surface area contributed by atoms with E-state index in [-0.39, 0.29) is 12.4 Å². The lowest BCUT2D eigenvalue weighted by Crippen LogP contribution is -2.46. The molecule has 1 aliphatic heterocycles. The fourth-order valence-electron chi connectivity index (χ4n) is 5.32. The molecular weight excluding hydrogens is 380 g/mol. The first kappa shape index (κ1) is 24.3. The van der Waals surface area contributed by atoms with Crippen molar-refractivity contribution in [2.75, 3.05) is 44.7 Å². The van der Waals surface area contributed by atoms with Crippen molar-refractivity contribution in [1.29, 1.82) is 0 Å². The molecule has 0 N–H and O–H groups in total. The van der Waals surface area contributed by atoms with E-state index in [1.165, 1.54) is 82.3 Å². The number of benzene rings is 1. The molecule has 2 aliphatic rings. The lowest BCUT2D eigenvalue weighted by molar-refractivity contribution is 0.159. The van der Waals surface area contributed by atoms with Crippen LogP contribution in [0.2, 0.25) is 0 Å². The van der Waals surface area contributed by atoms with Crippen LogP contribution in [0.1, 0.15) is 83.6 Å². The summed E-state index contributed by atoms with van der Waals surface area (Å²) in [4.78, 5) is 5.13. The van der Waals surface area contributed by atoms with Crippen molar-refractivity contribution < 1.29 is 4.74 Å². The standard InChI is InChI=1S/C25H42N2O.ClH/c1-5-8-15-26-16-18-27(19-17-26)23-10-9-22(20-24(23)28-4)21-11-13-25(6-2,7-3)14-12-21;/h9-10,20-21H,5-8,11-19H2,1-4H3;1H. The van der Waals surface area contributed by atoms with E-state index in [0.29, 0.717) is 11.3 Å². The Hall–Kier alpha value is -0.930. The number of piperazine rings is 1. The van der Waals surface area contributed by atoms with Gasteiger partial charge in [-0.3, -0.25) is 4.90 Å². The van der Waals surface area contributed by atoms with Crippen LogP contribution in [0, 0.1) is 5.41 Å². The zero-order chi connectivity index (χ0) is 20.0. The summed E-state index contributed by atoms with van der Waals surface area (Å²) in [5.41, 5.74) is 3.38. The smallest absolute Gasteiger partial charge is 0.142 e. The van der Waals surface area contributed by atoms with E-state index >= 15 is 0 Å². The highest BCUT2D eigenvalue weighted by Crippen LogP contribution is 2.47. The summed E-state index contributed by atoms with van der Waals surface area (Å²) in [5, 5.41) is 0. The molecule has 3 nitrogen and oxygen atoms in total. The SMILES string of the molecule is CCCCN1CCN(c2ccc(C3CCC(CC)(CC)CC3)cc2OC)CC1.Cl. The van der Waals surface area contributed by atoms with Crippen LogP contribution in [0.5, 0.6) is 5.75 Å². The maximum absolute atomic E-state index is 5.85. The molecule has 2 fully saturated rings. The van der Waals surface area contributed by atoms with Gasteiger partial charge in [-0.2, -0.15) is 0 Å². The first-order chi connectivity index (χ1) is 13.6. The van der Waals surface area contributed by atoms with Crippen molar-refractivity contribution in [2.45, 2.75) is 78.1 Å². The molecule has 0 spiro atoms. The second-order valence-corrected chi connectivity index (χ2v) is 9.09. The van der Waals surface area contributed by atoms with Gasteiger partial charge < -0.3 is 9.64 Å². The minimum Gasteiger partial charge on any atom is -0.495 e. The third-order valence-corrected chi connectivity index (χ3v) is 7.76. The van der Waals surface area contributed by atoms with Crippen LogP contribution in [0.25, 0.3) is 0 Å². The molecular formula is C25H43ClN2O. The van der Waals surface area contributed by atoms with E-state index in [0.717, 1.165) is 18.8 Å². The van der Waals surface area contributed by atoms with E-state index in [2.05, 4.69) is 48.8 Å². The van der Waals surface area contributed by atoms with Gasteiger partial charge in [0.2, 0.25) is 0 Å². The van der Waals surface area contributed by atoms with Gasteiger partial charge in [0.1, 0.15) is 5.75 Å². The molecule has 0 amide bonds. The summed E-state index contributed by atoms with van der Waals surface area (Å²) < 4.78 is 5.85. The molecule has 0 radical (unpaired) electrons. The summed E-state index contributed by atoms with van der Waals surface area (Å²) in [6.07, 6.45) is 10.7. The molecule has 0 atom stereocenters. The van der Waals surface area contributed by atoms with Gasteiger partial charge in [-0.05, 0) is 67.7 Å². The number of rotatable bonds is 8. The third-order valence-electron chi connectivity index (χ3n) is 7.76. The molecule has 1 saturated carbocycles. The van der Waals surface area contributed by atoms with Crippen LogP contribution in [-0.2, 0) is 0 Å². The number of halogens is 1. The van der Waals surface area contributed by atoms with Crippen molar-refractivity contribution in [2.24, 2.45) is 5.41 Å². The topological polar surface area (TPSA) is 15.7 Å². The average Bonchev–Trinajstić information content (AvgIpc) is 2.77. The van der Waals surface area contributed by atoms with Gasteiger partial charge in [-0.1, -0.05) is 46.1 Å². The van der Waals surface area contributed by atoms with Gasteiger partial charge in [0.05, 0.1) is 12.8 Å². The molecule has 1 saturated heterocycles. The van der Waals surface area contributed by atoms with Gasteiger partial charge in [0.25, 0.3) is 0 Å². The fourth-order valence-corrected chi connectivity index (χ4v) is 5.32. The largest absolute Gasteiger partial charge is 0.495 e. The van der Waals surface area contributed by atoms with Gasteiger partial charge in [0.15, 0.2) is 0 Å². The number of hydrogen-bond donors (Lipinski definition) is 0. The zero-order valence-electron chi connectivity index (χ0n) is 19.2. The number of methoxy groups -OCH3 is 1. The normalized spacial score (nSPS) is 20.3. The van der Waals surface area contributed by atoms with Gasteiger partial charge in [-0.25, -0.2) is 0 Å². The highest BCUT2D eigenvalue weighted by molar-refractivity contribution is 5.85. The minimum absolute atomic E-state index is 0. The quantitative estimate of drug-likeness (QED) is 0.475. The second-order valence-electron chi connectivity index (χ2n) is 9.09. The predicted octanol–water partition coefficient (Wildman–Crippen LogP) is 6.50. The van der Waals surface area contributed by atoms with Crippen molar-refractivity contribution in [1.82, 2.24) is 4.90 Å². The van der Waals surface area contributed by atoms with Crippen LogP contribution < -0.4 is 9.64 Å². The molecule has 1 aromatic carbocycles. The van der Waals surface area contributed by atoms with E-state index < -0.39 is 0 Å². The Kier molecular flexibility index (Phi) is 9.62. The molecule has 166 valence electrons. The summed E-state index contributed by atoms with van der Waals surface area (Å²) in [5.74, 6) is 1.78. The Morgan fingerprint density at radius 1 is 1.00 bits per heavy atom. The van der Waals surface area contributed by atoms with Crippen LogP contribution >= 0.6 is 12.4 Å². The molecule has 1 heterocycles. The minimum atomic E-state index is 0.